The van der Waals surface area contributed by atoms with E-state index in [1.165, 1.54) is 22.5 Å². The number of allylic oxidation sites excluding steroid dienone is 2. The average Bonchev–Trinajstić information content (AvgIpc) is 2.94. The fourth-order valence-electron chi connectivity index (χ4n) is 3.63. The summed E-state index contributed by atoms with van der Waals surface area (Å²) in [6.07, 6.45) is 8.70. The van der Waals surface area contributed by atoms with Gasteiger partial charge in [0.15, 0.2) is 0 Å². The third kappa shape index (κ3) is 4.65. The van der Waals surface area contributed by atoms with Crippen LogP contribution in [0.15, 0.2) is 37.9 Å². The lowest BCUT2D eigenvalue weighted by Crippen LogP contribution is -2.30. The molecule has 0 unspecified atom stereocenters. The van der Waals surface area contributed by atoms with Gasteiger partial charge in [-0.3, -0.25) is 14.7 Å². The number of hydrogen-bond donors (Lipinski definition) is 0. The van der Waals surface area contributed by atoms with Crippen molar-refractivity contribution in [2.24, 2.45) is 23.1 Å². The van der Waals surface area contributed by atoms with E-state index in [1.54, 1.807) is 0 Å². The van der Waals surface area contributed by atoms with Crippen molar-refractivity contribution in [2.45, 2.75) is 38.0 Å². The summed E-state index contributed by atoms with van der Waals surface area (Å²) in [5.41, 5.74) is 3.61. The minimum Gasteiger partial charge on any atom is -0.271 e. The van der Waals surface area contributed by atoms with Crippen molar-refractivity contribution >= 4 is 36.6 Å². The van der Waals surface area contributed by atoms with Gasteiger partial charge in [-0.25, -0.2) is 4.31 Å². The smallest absolute Gasteiger partial charge is 0.135 e. The summed E-state index contributed by atoms with van der Waals surface area (Å²) in [4.78, 5) is 4.99. The second-order valence-corrected chi connectivity index (χ2v) is 8.32. The highest BCUT2D eigenvalue weighted by Crippen LogP contribution is 2.37. The molecule has 27 heavy (non-hydrogen) atoms. The van der Waals surface area contributed by atoms with Crippen LogP contribution in [0.25, 0.3) is 0 Å². The first-order valence-electron chi connectivity index (χ1n) is 9.31. The molecule has 0 bridgehead atoms. The highest BCUT2D eigenvalue weighted by Gasteiger charge is 2.27. The number of piperidine rings is 1. The van der Waals surface area contributed by atoms with Crippen LogP contribution in [0.2, 0.25) is 0 Å². The van der Waals surface area contributed by atoms with Crippen LogP contribution >= 0.6 is 23.5 Å². The van der Waals surface area contributed by atoms with Gasteiger partial charge < -0.3 is 0 Å². The van der Waals surface area contributed by atoms with Crippen LogP contribution in [0.4, 0.5) is 0 Å². The van der Waals surface area contributed by atoms with E-state index < -0.39 is 0 Å². The van der Waals surface area contributed by atoms with Crippen molar-refractivity contribution in [2.75, 3.05) is 19.6 Å². The molecule has 1 aromatic rings. The van der Waals surface area contributed by atoms with E-state index in [-0.39, 0.29) is 0 Å². The van der Waals surface area contributed by atoms with E-state index >= 15 is 0 Å². The molecule has 0 atom stereocenters. The van der Waals surface area contributed by atoms with E-state index in [0.717, 1.165) is 43.1 Å². The van der Waals surface area contributed by atoms with Gasteiger partial charge in [0.05, 0.1) is 22.8 Å². The summed E-state index contributed by atoms with van der Waals surface area (Å²) in [5.74, 6) is 0.459. The third-order valence-electron chi connectivity index (χ3n) is 5.03. The molecule has 1 fully saturated rings. The molecule has 2 aliphatic heterocycles. The zero-order valence-corrected chi connectivity index (χ0v) is 17.8. The fourth-order valence-corrected chi connectivity index (χ4v) is 5.11. The standard InChI is InChI=1S/C19H27ClN6S/c1-5-18-19(14(2)23-24(18)4)27-26-10-6-15(7-11-26)16-12-25(22-13-21-3)9-8-17(16)20/h8,12-13,15H,3,5-7,9-11H2,1-2,4H3/b22-13-. The Kier molecular flexibility index (Phi) is 6.78. The van der Waals surface area contributed by atoms with Crippen molar-refractivity contribution < 1.29 is 0 Å². The van der Waals surface area contributed by atoms with E-state index in [4.69, 9.17) is 11.6 Å². The number of nitrogens with zero attached hydrogens (tertiary/aromatic N) is 6. The second-order valence-electron chi connectivity index (χ2n) is 6.81. The zero-order valence-electron chi connectivity index (χ0n) is 16.2. The Balaban J connectivity index is 1.63. The van der Waals surface area contributed by atoms with Crippen LogP contribution < -0.4 is 0 Å². The first-order valence-corrected chi connectivity index (χ1v) is 10.5. The molecule has 1 aromatic heterocycles. The Morgan fingerprint density at radius 2 is 2.15 bits per heavy atom. The second kappa shape index (κ2) is 9.08. The number of halogens is 1. The molecule has 0 N–H and O–H groups in total. The van der Waals surface area contributed by atoms with Crippen molar-refractivity contribution in [1.82, 2.24) is 19.1 Å². The van der Waals surface area contributed by atoms with Crippen LogP contribution in [-0.2, 0) is 13.5 Å². The van der Waals surface area contributed by atoms with Crippen molar-refractivity contribution in [3.8, 4) is 0 Å². The monoisotopic (exact) mass is 406 g/mol. The van der Waals surface area contributed by atoms with Gasteiger partial charge in [-0.15, -0.1) is 0 Å². The Bertz CT molecular complexity index is 773. The number of aryl methyl sites for hydroxylation is 2. The largest absolute Gasteiger partial charge is 0.271 e. The number of aromatic nitrogens is 2. The van der Waals surface area contributed by atoms with E-state index in [1.807, 2.05) is 34.8 Å². The molecular weight excluding hydrogens is 380 g/mol. The van der Waals surface area contributed by atoms with Crippen molar-refractivity contribution in [3.63, 3.8) is 0 Å². The Hall–Kier alpha value is -1.57. The number of hydrazone groups is 1. The van der Waals surface area contributed by atoms with Crippen LogP contribution in [0.3, 0.4) is 0 Å². The van der Waals surface area contributed by atoms with Gasteiger partial charge >= 0.3 is 0 Å². The number of aliphatic imine (C=N–C) groups is 1. The summed E-state index contributed by atoms with van der Waals surface area (Å²) >= 11 is 8.35. The van der Waals surface area contributed by atoms with Gasteiger partial charge in [0.2, 0.25) is 0 Å². The maximum absolute atomic E-state index is 6.49. The van der Waals surface area contributed by atoms with E-state index in [0.29, 0.717) is 12.5 Å². The molecule has 3 heterocycles. The zero-order chi connectivity index (χ0) is 19.4. The maximum atomic E-state index is 6.49. The molecule has 0 saturated carbocycles. The molecule has 1 saturated heterocycles. The van der Waals surface area contributed by atoms with Crippen LogP contribution in [0, 0.1) is 12.8 Å². The first kappa shape index (κ1) is 20.2. The summed E-state index contributed by atoms with van der Waals surface area (Å²) < 4.78 is 4.47. The van der Waals surface area contributed by atoms with Crippen molar-refractivity contribution in [1.29, 1.82) is 0 Å². The molecule has 3 rings (SSSR count). The minimum absolute atomic E-state index is 0.459. The Morgan fingerprint density at radius 3 is 2.81 bits per heavy atom. The molecule has 0 aliphatic carbocycles. The SMILES string of the molecule is C=N/C=N\N1C=C(C2CCN(Sc3c(C)nn(C)c3CC)CC2)C(Cl)=CC1. The summed E-state index contributed by atoms with van der Waals surface area (Å²) in [6.45, 7) is 10.4. The lowest BCUT2D eigenvalue weighted by Gasteiger charge is -2.33. The molecule has 0 spiro atoms. The topological polar surface area (TPSA) is 49.0 Å². The summed E-state index contributed by atoms with van der Waals surface area (Å²) in [6, 6.07) is 0. The van der Waals surface area contributed by atoms with Gasteiger partial charge in [-0.2, -0.15) is 10.2 Å². The number of hydrogen-bond acceptors (Lipinski definition) is 5. The lowest BCUT2D eigenvalue weighted by molar-refractivity contribution is 0.315. The normalized spacial score (nSPS) is 19.5. The quantitative estimate of drug-likeness (QED) is 0.407. The highest BCUT2D eigenvalue weighted by atomic mass is 35.5. The van der Waals surface area contributed by atoms with Gasteiger partial charge in [0.1, 0.15) is 6.34 Å². The molecule has 8 heteroatoms. The minimum atomic E-state index is 0.459. The average molecular weight is 407 g/mol. The predicted octanol–water partition coefficient (Wildman–Crippen LogP) is 3.98. The summed E-state index contributed by atoms with van der Waals surface area (Å²) in [5, 5.41) is 11.6. The van der Waals surface area contributed by atoms with Crippen molar-refractivity contribution in [3.05, 3.63) is 34.3 Å². The molecular formula is C19H27ClN6S. The van der Waals surface area contributed by atoms with E-state index in [2.05, 4.69) is 46.3 Å². The van der Waals surface area contributed by atoms with Gasteiger partial charge in [0.25, 0.3) is 0 Å². The van der Waals surface area contributed by atoms with Gasteiger partial charge in [0, 0.05) is 31.4 Å². The Labute approximate surface area is 170 Å². The van der Waals surface area contributed by atoms with Gasteiger partial charge in [-0.1, -0.05) is 18.5 Å². The third-order valence-corrected chi connectivity index (χ3v) is 6.74. The highest BCUT2D eigenvalue weighted by molar-refractivity contribution is 7.97. The predicted molar refractivity (Wildman–Crippen MR) is 114 cm³/mol. The molecule has 0 amide bonds. The molecule has 0 aromatic carbocycles. The van der Waals surface area contributed by atoms with Crippen LogP contribution in [-0.4, -0.2) is 51.8 Å². The fraction of sp³-hybridized carbons (Fsp3) is 0.526. The van der Waals surface area contributed by atoms with Crippen LogP contribution in [0.1, 0.15) is 31.2 Å². The summed E-state index contributed by atoms with van der Waals surface area (Å²) in [7, 11) is 2.03. The molecule has 0 radical (unpaired) electrons. The molecule has 146 valence electrons. The molecule has 6 nitrogen and oxygen atoms in total. The maximum Gasteiger partial charge on any atom is 0.135 e. The lowest BCUT2D eigenvalue weighted by atomic mass is 9.89. The first-order chi connectivity index (χ1) is 13.0. The van der Waals surface area contributed by atoms with E-state index in [9.17, 15) is 0 Å². The van der Waals surface area contributed by atoms with Gasteiger partial charge in [-0.05, 0) is 62.4 Å². The molecule has 2 aliphatic rings. The Morgan fingerprint density at radius 1 is 1.41 bits per heavy atom. The van der Waals surface area contributed by atoms with Crippen LogP contribution in [0.5, 0.6) is 0 Å². The number of rotatable bonds is 6.